The van der Waals surface area contributed by atoms with Crippen LogP contribution in [0.1, 0.15) is 36.8 Å². The molecule has 0 atom stereocenters. The van der Waals surface area contributed by atoms with E-state index in [-0.39, 0.29) is 0 Å². The van der Waals surface area contributed by atoms with Crippen molar-refractivity contribution < 1.29 is 4.74 Å². The zero-order chi connectivity index (χ0) is 13.9. The number of benzene rings is 1. The number of ether oxygens (including phenoxy) is 1. The van der Waals surface area contributed by atoms with Gasteiger partial charge in [0.15, 0.2) is 5.96 Å². The molecule has 0 aromatic heterocycles. The Kier molecular flexibility index (Phi) is 3.81. The first-order valence-electron chi connectivity index (χ1n) is 7.49. The number of guanidine groups is 1. The van der Waals surface area contributed by atoms with Crippen molar-refractivity contribution in [1.29, 1.82) is 0 Å². The number of hydrogen-bond acceptors (Lipinski definition) is 2. The molecule has 0 saturated heterocycles. The predicted octanol–water partition coefficient (Wildman–Crippen LogP) is 2.35. The molecule has 0 unspecified atom stereocenters. The fourth-order valence-electron chi connectivity index (χ4n) is 2.07. The quantitative estimate of drug-likeness (QED) is 0.618. The van der Waals surface area contributed by atoms with Crippen LogP contribution in [0.3, 0.4) is 0 Å². The summed E-state index contributed by atoms with van der Waals surface area (Å²) in [7, 11) is 0. The standard InChI is InChI=1S/C16H23N3O/c1-11-2-5-13(9-18-16(17)19-14-6-7-14)15(8-11)20-10-12-3-4-12/h2,5,8,12,14H,3-4,6-7,9-10H2,1H3,(H3,17,18,19). The summed E-state index contributed by atoms with van der Waals surface area (Å²) in [6.45, 7) is 3.49. The van der Waals surface area contributed by atoms with Gasteiger partial charge in [0, 0.05) is 11.6 Å². The third kappa shape index (κ3) is 3.89. The number of hydrogen-bond donors (Lipinski definition) is 2. The van der Waals surface area contributed by atoms with Crippen LogP contribution >= 0.6 is 0 Å². The first-order chi connectivity index (χ1) is 9.70. The van der Waals surface area contributed by atoms with Crippen LogP contribution in [-0.2, 0) is 6.54 Å². The Morgan fingerprint density at radius 3 is 2.85 bits per heavy atom. The minimum atomic E-state index is 0.543. The van der Waals surface area contributed by atoms with Crippen LogP contribution < -0.4 is 15.8 Å². The van der Waals surface area contributed by atoms with Crippen molar-refractivity contribution in [1.82, 2.24) is 5.32 Å². The molecule has 0 radical (unpaired) electrons. The van der Waals surface area contributed by atoms with Gasteiger partial charge in [0.05, 0.1) is 13.2 Å². The average Bonchev–Trinajstić information content (AvgIpc) is 3.30. The highest BCUT2D eigenvalue weighted by Gasteiger charge is 2.23. The second kappa shape index (κ2) is 5.73. The zero-order valence-corrected chi connectivity index (χ0v) is 12.1. The van der Waals surface area contributed by atoms with E-state index in [9.17, 15) is 0 Å². The van der Waals surface area contributed by atoms with Gasteiger partial charge in [0.2, 0.25) is 0 Å². The smallest absolute Gasteiger partial charge is 0.189 e. The number of rotatable bonds is 6. The van der Waals surface area contributed by atoms with Crippen molar-refractivity contribution in [3.63, 3.8) is 0 Å². The summed E-state index contributed by atoms with van der Waals surface area (Å²) in [5.74, 6) is 2.26. The van der Waals surface area contributed by atoms with E-state index in [0.29, 0.717) is 18.5 Å². The highest BCUT2D eigenvalue weighted by Crippen LogP contribution is 2.31. The number of nitrogens with two attached hydrogens (primary N) is 1. The molecule has 4 heteroatoms. The molecule has 0 amide bonds. The van der Waals surface area contributed by atoms with Gasteiger partial charge in [-0.25, -0.2) is 4.99 Å². The SMILES string of the molecule is Cc1ccc(CN=C(N)NC2CC2)c(OCC2CC2)c1. The van der Waals surface area contributed by atoms with Gasteiger partial charge in [-0.3, -0.25) is 0 Å². The first kappa shape index (κ1) is 13.3. The van der Waals surface area contributed by atoms with Crippen LogP contribution in [0.2, 0.25) is 0 Å². The molecule has 2 fully saturated rings. The normalized spacial score (nSPS) is 18.9. The van der Waals surface area contributed by atoms with Gasteiger partial charge >= 0.3 is 0 Å². The Labute approximate surface area is 120 Å². The fourth-order valence-corrected chi connectivity index (χ4v) is 2.07. The average molecular weight is 273 g/mol. The number of aliphatic imine (C=N–C) groups is 1. The van der Waals surface area contributed by atoms with Crippen LogP contribution in [0, 0.1) is 12.8 Å². The van der Waals surface area contributed by atoms with E-state index in [4.69, 9.17) is 10.5 Å². The van der Waals surface area contributed by atoms with Gasteiger partial charge < -0.3 is 15.8 Å². The molecule has 4 nitrogen and oxygen atoms in total. The molecule has 0 aliphatic heterocycles. The molecule has 3 rings (SSSR count). The van der Waals surface area contributed by atoms with Gasteiger partial charge in [0.1, 0.15) is 5.75 Å². The van der Waals surface area contributed by atoms with Gasteiger partial charge in [0.25, 0.3) is 0 Å². The van der Waals surface area contributed by atoms with E-state index in [0.717, 1.165) is 23.8 Å². The molecule has 1 aromatic rings. The largest absolute Gasteiger partial charge is 0.493 e. The Morgan fingerprint density at radius 1 is 1.35 bits per heavy atom. The molecule has 0 bridgehead atoms. The molecule has 1 aromatic carbocycles. The minimum Gasteiger partial charge on any atom is -0.493 e. The van der Waals surface area contributed by atoms with Crippen LogP contribution in [0.4, 0.5) is 0 Å². The van der Waals surface area contributed by atoms with E-state index < -0.39 is 0 Å². The van der Waals surface area contributed by atoms with Crippen molar-refractivity contribution >= 4 is 5.96 Å². The summed E-state index contributed by atoms with van der Waals surface area (Å²) in [5, 5.41) is 3.20. The molecule has 0 spiro atoms. The lowest BCUT2D eigenvalue weighted by molar-refractivity contribution is 0.296. The minimum absolute atomic E-state index is 0.543. The first-order valence-corrected chi connectivity index (χ1v) is 7.49. The Balaban J connectivity index is 1.63. The van der Waals surface area contributed by atoms with Gasteiger partial charge in [-0.2, -0.15) is 0 Å². The molecule has 108 valence electrons. The maximum absolute atomic E-state index is 5.94. The molecule has 2 aliphatic carbocycles. The Morgan fingerprint density at radius 2 is 2.15 bits per heavy atom. The van der Waals surface area contributed by atoms with Crippen LogP contribution in [0.25, 0.3) is 0 Å². The van der Waals surface area contributed by atoms with Crippen molar-refractivity contribution in [2.45, 2.75) is 45.2 Å². The molecular weight excluding hydrogens is 250 g/mol. The zero-order valence-electron chi connectivity index (χ0n) is 12.1. The molecule has 0 heterocycles. The van der Waals surface area contributed by atoms with E-state index in [2.05, 4.69) is 35.4 Å². The van der Waals surface area contributed by atoms with Crippen molar-refractivity contribution in [3.8, 4) is 5.75 Å². The predicted molar refractivity (Wildman–Crippen MR) is 80.9 cm³/mol. The molecule has 2 aliphatic rings. The fraction of sp³-hybridized carbons (Fsp3) is 0.562. The maximum atomic E-state index is 5.94. The van der Waals surface area contributed by atoms with Crippen molar-refractivity contribution in [2.24, 2.45) is 16.6 Å². The van der Waals surface area contributed by atoms with Crippen LogP contribution in [0.15, 0.2) is 23.2 Å². The third-order valence-corrected chi connectivity index (χ3v) is 3.74. The van der Waals surface area contributed by atoms with Gasteiger partial charge in [-0.15, -0.1) is 0 Å². The summed E-state index contributed by atoms with van der Waals surface area (Å²) < 4.78 is 5.94. The summed E-state index contributed by atoms with van der Waals surface area (Å²) in [4.78, 5) is 4.41. The van der Waals surface area contributed by atoms with Gasteiger partial charge in [-0.1, -0.05) is 12.1 Å². The number of aryl methyl sites for hydroxylation is 1. The van der Waals surface area contributed by atoms with Gasteiger partial charge in [-0.05, 0) is 50.2 Å². The molecule has 20 heavy (non-hydrogen) atoms. The monoisotopic (exact) mass is 273 g/mol. The second-order valence-corrected chi connectivity index (χ2v) is 5.99. The summed E-state index contributed by atoms with van der Waals surface area (Å²) in [6, 6.07) is 6.82. The molecule has 3 N–H and O–H groups in total. The lowest BCUT2D eigenvalue weighted by Crippen LogP contribution is -2.33. The lowest BCUT2D eigenvalue weighted by Gasteiger charge is -2.11. The van der Waals surface area contributed by atoms with E-state index in [1.54, 1.807) is 0 Å². The van der Waals surface area contributed by atoms with E-state index >= 15 is 0 Å². The Bertz CT molecular complexity index is 504. The Hall–Kier alpha value is -1.71. The van der Waals surface area contributed by atoms with Crippen molar-refractivity contribution in [3.05, 3.63) is 29.3 Å². The van der Waals surface area contributed by atoms with Crippen molar-refractivity contribution in [2.75, 3.05) is 6.61 Å². The molecule has 2 saturated carbocycles. The van der Waals surface area contributed by atoms with E-state index in [1.165, 1.54) is 31.2 Å². The van der Waals surface area contributed by atoms with Crippen LogP contribution in [0.5, 0.6) is 5.75 Å². The topological polar surface area (TPSA) is 59.6 Å². The highest BCUT2D eigenvalue weighted by atomic mass is 16.5. The molecular formula is C16H23N3O. The summed E-state index contributed by atoms with van der Waals surface area (Å²) in [6.07, 6.45) is 5.02. The van der Waals surface area contributed by atoms with E-state index in [1.807, 2.05) is 0 Å². The highest BCUT2D eigenvalue weighted by molar-refractivity contribution is 5.78. The maximum Gasteiger partial charge on any atom is 0.189 e. The lowest BCUT2D eigenvalue weighted by atomic mass is 10.1. The van der Waals surface area contributed by atoms with Crippen LogP contribution in [-0.4, -0.2) is 18.6 Å². The third-order valence-electron chi connectivity index (χ3n) is 3.74. The summed E-state index contributed by atoms with van der Waals surface area (Å²) >= 11 is 0. The second-order valence-electron chi connectivity index (χ2n) is 5.99. The summed E-state index contributed by atoms with van der Waals surface area (Å²) in [5.41, 5.74) is 8.20. The number of nitrogens with zero attached hydrogens (tertiary/aromatic N) is 1. The number of nitrogens with one attached hydrogen (secondary N) is 1.